The lowest BCUT2D eigenvalue weighted by atomic mass is 10.1. The van der Waals surface area contributed by atoms with Gasteiger partial charge in [-0.2, -0.15) is 0 Å². The molecule has 0 aliphatic carbocycles. The van der Waals surface area contributed by atoms with Gasteiger partial charge in [-0.1, -0.05) is 6.07 Å². The van der Waals surface area contributed by atoms with Gasteiger partial charge in [0.15, 0.2) is 0 Å². The molecule has 1 aromatic carbocycles. The summed E-state index contributed by atoms with van der Waals surface area (Å²) in [6.45, 7) is 4.86. The van der Waals surface area contributed by atoms with Crippen LogP contribution in [0.15, 0.2) is 18.2 Å². The van der Waals surface area contributed by atoms with Crippen LogP contribution in [0.25, 0.3) is 0 Å². The second kappa shape index (κ2) is 4.47. The molecule has 1 N–H and O–H groups in total. The molecule has 0 saturated heterocycles. The summed E-state index contributed by atoms with van der Waals surface area (Å²) in [5.41, 5.74) is 0.0403. The van der Waals surface area contributed by atoms with Gasteiger partial charge in [0.2, 0.25) is 5.54 Å². The average molecular weight is 226 g/mol. The molecule has 1 aromatic rings. The SMILES string of the molecule is Cc1ccc(NCC(C)(C)[N+](=O)[O-])cc1F. The van der Waals surface area contributed by atoms with Gasteiger partial charge in [-0.05, 0) is 24.6 Å². The summed E-state index contributed by atoms with van der Waals surface area (Å²) in [4.78, 5) is 10.3. The van der Waals surface area contributed by atoms with Gasteiger partial charge in [-0.25, -0.2) is 4.39 Å². The molecule has 0 amide bonds. The quantitative estimate of drug-likeness (QED) is 0.634. The van der Waals surface area contributed by atoms with Gasteiger partial charge in [0.25, 0.3) is 0 Å². The monoisotopic (exact) mass is 226 g/mol. The Labute approximate surface area is 93.6 Å². The molecule has 0 radical (unpaired) electrons. The second-order valence-corrected chi connectivity index (χ2v) is 4.39. The van der Waals surface area contributed by atoms with Gasteiger partial charge in [0.05, 0.1) is 6.54 Å². The van der Waals surface area contributed by atoms with E-state index in [4.69, 9.17) is 0 Å². The molecule has 0 fully saturated rings. The lowest BCUT2D eigenvalue weighted by molar-refractivity contribution is -0.556. The van der Waals surface area contributed by atoms with Crippen LogP contribution < -0.4 is 5.32 Å². The molecular weight excluding hydrogens is 211 g/mol. The van der Waals surface area contributed by atoms with E-state index in [2.05, 4.69) is 5.32 Å². The highest BCUT2D eigenvalue weighted by molar-refractivity contribution is 5.45. The molecule has 0 atom stereocenters. The van der Waals surface area contributed by atoms with Crippen molar-refractivity contribution in [3.63, 3.8) is 0 Å². The topological polar surface area (TPSA) is 55.2 Å². The smallest absolute Gasteiger partial charge is 0.233 e. The summed E-state index contributed by atoms with van der Waals surface area (Å²) in [5, 5.41) is 13.5. The Morgan fingerprint density at radius 3 is 2.62 bits per heavy atom. The maximum Gasteiger partial charge on any atom is 0.233 e. The van der Waals surface area contributed by atoms with Crippen molar-refractivity contribution in [3.8, 4) is 0 Å². The highest BCUT2D eigenvalue weighted by Crippen LogP contribution is 2.15. The third-order valence-corrected chi connectivity index (χ3v) is 2.39. The molecule has 16 heavy (non-hydrogen) atoms. The van der Waals surface area contributed by atoms with Gasteiger partial charge < -0.3 is 5.32 Å². The number of hydrogen-bond acceptors (Lipinski definition) is 3. The summed E-state index contributed by atoms with van der Waals surface area (Å²) >= 11 is 0. The molecule has 1 rings (SSSR count). The van der Waals surface area contributed by atoms with Crippen molar-refractivity contribution in [2.24, 2.45) is 0 Å². The van der Waals surface area contributed by atoms with Gasteiger partial charge in [-0.15, -0.1) is 0 Å². The standard InChI is InChI=1S/C11H15FN2O2/c1-8-4-5-9(6-10(8)12)13-7-11(2,3)14(15)16/h4-6,13H,7H2,1-3H3. The normalized spacial score (nSPS) is 11.2. The third-order valence-electron chi connectivity index (χ3n) is 2.39. The second-order valence-electron chi connectivity index (χ2n) is 4.39. The van der Waals surface area contributed by atoms with E-state index in [0.29, 0.717) is 11.3 Å². The molecule has 0 spiro atoms. The Hall–Kier alpha value is -1.65. The van der Waals surface area contributed by atoms with Crippen molar-refractivity contribution >= 4 is 5.69 Å². The van der Waals surface area contributed by atoms with Gasteiger partial charge in [-0.3, -0.25) is 10.1 Å². The van der Waals surface area contributed by atoms with Gasteiger partial charge >= 0.3 is 0 Å². The summed E-state index contributed by atoms with van der Waals surface area (Å²) in [7, 11) is 0. The Balaban J connectivity index is 2.68. The first kappa shape index (κ1) is 12.4. The molecule has 0 aliphatic rings. The molecule has 0 aromatic heterocycles. The van der Waals surface area contributed by atoms with Crippen LogP contribution in [-0.2, 0) is 0 Å². The number of hydrogen-bond donors (Lipinski definition) is 1. The lowest BCUT2D eigenvalue weighted by Gasteiger charge is -2.17. The highest BCUT2D eigenvalue weighted by Gasteiger charge is 2.30. The van der Waals surface area contributed by atoms with Crippen LogP contribution in [0, 0.1) is 22.9 Å². The molecular formula is C11H15FN2O2. The Morgan fingerprint density at radius 1 is 1.50 bits per heavy atom. The number of anilines is 1. The number of nitrogens with one attached hydrogen (secondary N) is 1. The molecule has 4 nitrogen and oxygen atoms in total. The zero-order valence-corrected chi connectivity index (χ0v) is 9.58. The van der Waals surface area contributed by atoms with Crippen molar-refractivity contribution < 1.29 is 9.31 Å². The van der Waals surface area contributed by atoms with Crippen molar-refractivity contribution in [2.75, 3.05) is 11.9 Å². The van der Waals surface area contributed by atoms with Crippen LogP contribution >= 0.6 is 0 Å². The van der Waals surface area contributed by atoms with Crippen LogP contribution in [0.1, 0.15) is 19.4 Å². The minimum absolute atomic E-state index is 0.155. The van der Waals surface area contributed by atoms with Crippen molar-refractivity contribution in [1.82, 2.24) is 0 Å². The molecule has 0 unspecified atom stereocenters. The first-order valence-electron chi connectivity index (χ1n) is 4.97. The molecule has 0 aliphatic heterocycles. The predicted octanol–water partition coefficient (Wildman–Crippen LogP) is 2.60. The fourth-order valence-corrected chi connectivity index (χ4v) is 1.09. The summed E-state index contributed by atoms with van der Waals surface area (Å²) in [5.74, 6) is -0.316. The first-order chi connectivity index (χ1) is 7.33. The number of aryl methyl sites for hydroxylation is 1. The summed E-state index contributed by atoms with van der Waals surface area (Å²) in [6.07, 6.45) is 0. The van der Waals surface area contributed by atoms with Crippen molar-refractivity contribution in [1.29, 1.82) is 0 Å². The Morgan fingerprint density at radius 2 is 2.12 bits per heavy atom. The van der Waals surface area contributed by atoms with Crippen LogP contribution in [-0.4, -0.2) is 17.0 Å². The van der Waals surface area contributed by atoms with Crippen LogP contribution in [0.3, 0.4) is 0 Å². The minimum atomic E-state index is -1.07. The van der Waals surface area contributed by atoms with E-state index in [9.17, 15) is 14.5 Å². The summed E-state index contributed by atoms with van der Waals surface area (Å²) in [6, 6.07) is 4.68. The average Bonchev–Trinajstić information content (AvgIpc) is 2.20. The van der Waals surface area contributed by atoms with Crippen LogP contribution in [0.2, 0.25) is 0 Å². The zero-order valence-electron chi connectivity index (χ0n) is 9.58. The van der Waals surface area contributed by atoms with Crippen molar-refractivity contribution in [2.45, 2.75) is 26.3 Å². The van der Waals surface area contributed by atoms with Gasteiger partial charge in [0, 0.05) is 24.5 Å². The Bertz CT molecular complexity index is 405. The molecule has 0 bridgehead atoms. The number of halogens is 1. The molecule has 0 heterocycles. The van der Waals surface area contributed by atoms with E-state index < -0.39 is 5.54 Å². The zero-order chi connectivity index (χ0) is 12.3. The number of nitro groups is 1. The van der Waals surface area contributed by atoms with E-state index >= 15 is 0 Å². The maximum absolute atomic E-state index is 13.2. The third kappa shape index (κ3) is 2.92. The number of benzene rings is 1. The van der Waals surface area contributed by atoms with E-state index in [1.165, 1.54) is 19.9 Å². The van der Waals surface area contributed by atoms with Crippen LogP contribution in [0.5, 0.6) is 0 Å². The first-order valence-corrected chi connectivity index (χ1v) is 4.97. The summed E-state index contributed by atoms with van der Waals surface area (Å²) < 4.78 is 13.2. The van der Waals surface area contributed by atoms with Crippen molar-refractivity contribution in [3.05, 3.63) is 39.7 Å². The molecule has 0 saturated carbocycles. The minimum Gasteiger partial charge on any atom is -0.378 e. The fraction of sp³-hybridized carbons (Fsp3) is 0.455. The van der Waals surface area contributed by atoms with E-state index in [1.807, 2.05) is 0 Å². The lowest BCUT2D eigenvalue weighted by Crippen LogP contribution is -2.38. The van der Waals surface area contributed by atoms with E-state index in [0.717, 1.165) is 0 Å². The Kier molecular flexibility index (Phi) is 3.47. The number of rotatable bonds is 4. The van der Waals surface area contributed by atoms with Gasteiger partial charge in [0.1, 0.15) is 5.82 Å². The highest BCUT2D eigenvalue weighted by atomic mass is 19.1. The largest absolute Gasteiger partial charge is 0.378 e. The predicted molar refractivity (Wildman–Crippen MR) is 60.7 cm³/mol. The molecule has 88 valence electrons. The van der Waals surface area contributed by atoms with E-state index in [-0.39, 0.29) is 17.3 Å². The van der Waals surface area contributed by atoms with Crippen LogP contribution in [0.4, 0.5) is 10.1 Å². The molecule has 5 heteroatoms. The maximum atomic E-state index is 13.2. The fourth-order valence-electron chi connectivity index (χ4n) is 1.09. The number of nitrogens with zero attached hydrogens (tertiary/aromatic N) is 1. The van der Waals surface area contributed by atoms with E-state index in [1.54, 1.807) is 19.1 Å².